The predicted octanol–water partition coefficient (Wildman–Crippen LogP) is 0.288. The van der Waals surface area contributed by atoms with Gasteiger partial charge in [-0.2, -0.15) is 0 Å². The van der Waals surface area contributed by atoms with Crippen molar-refractivity contribution in [2.24, 2.45) is 0 Å². The van der Waals surface area contributed by atoms with Crippen LogP contribution in [0.5, 0.6) is 0 Å². The molecule has 0 bridgehead atoms. The molecule has 0 unspecified atom stereocenters. The Morgan fingerprint density at radius 1 is 0.706 bits per heavy atom. The van der Waals surface area contributed by atoms with Crippen molar-refractivity contribution < 1.29 is 46.3 Å². The molecule has 0 saturated carbocycles. The number of aliphatic hydroxyl groups excluding tert-OH is 2. The zero-order valence-electron chi connectivity index (χ0n) is 11.9. The Hall–Kier alpha value is 0.710. The summed E-state index contributed by atoms with van der Waals surface area (Å²) in [6.07, 6.45) is 4.08. The Kier molecular flexibility index (Phi) is 97.9. The summed E-state index contributed by atoms with van der Waals surface area (Å²) in [5.74, 6) is 0. The molecule has 5 heteroatoms. The quantitative estimate of drug-likeness (QED) is 0.645. The maximum atomic E-state index is 8.93. The van der Waals surface area contributed by atoms with E-state index in [1.807, 2.05) is 0 Å². The zero-order chi connectivity index (χ0) is 13.7. The largest absolute Gasteiger partial charge is 0.855 e. The average Bonchev–Trinajstić information content (AvgIpc) is 2.23. The minimum atomic E-state index is 0. The number of rotatable bonds is 4. The molecule has 108 valence electrons. The van der Waals surface area contributed by atoms with Crippen LogP contribution in [-0.2, 0) is 25.8 Å². The van der Waals surface area contributed by atoms with Crippen molar-refractivity contribution in [2.75, 3.05) is 26.4 Å². The monoisotopic (exact) mass is 418 g/mol. The molecule has 0 aliphatic carbocycles. The maximum absolute atomic E-state index is 8.93. The first-order valence-electron chi connectivity index (χ1n) is 6.04. The van der Waals surface area contributed by atoms with E-state index in [-0.39, 0.29) is 39.1 Å². The second kappa shape index (κ2) is 54.4. The standard InChI is InChI=1S/2C4H10O.2C2H5O.Hf/c2*1-2-3-4-5;2*1-2-3;/h2*5H,2-4H2,1H3;2*2H2,1H3;/q;;2*-1;. The van der Waals surface area contributed by atoms with Gasteiger partial charge in [-0.1, -0.05) is 40.5 Å². The van der Waals surface area contributed by atoms with E-state index in [9.17, 15) is 0 Å². The fourth-order valence-corrected chi connectivity index (χ4v) is 0.316. The van der Waals surface area contributed by atoms with Gasteiger partial charge in [-0.3, -0.25) is 0 Å². The fourth-order valence-electron chi connectivity index (χ4n) is 0.316. The van der Waals surface area contributed by atoms with E-state index in [0.29, 0.717) is 13.2 Å². The molecular weight excluding hydrogens is 387 g/mol. The van der Waals surface area contributed by atoms with Crippen molar-refractivity contribution >= 4 is 0 Å². The van der Waals surface area contributed by atoms with Crippen molar-refractivity contribution in [2.45, 2.75) is 53.4 Å². The summed E-state index contributed by atoms with van der Waals surface area (Å²) in [6, 6.07) is 0. The van der Waals surface area contributed by atoms with Gasteiger partial charge in [0.15, 0.2) is 0 Å². The van der Waals surface area contributed by atoms with Crippen LogP contribution < -0.4 is 10.2 Å². The first-order valence-corrected chi connectivity index (χ1v) is 6.04. The van der Waals surface area contributed by atoms with Crippen LogP contribution in [-0.4, -0.2) is 36.6 Å². The van der Waals surface area contributed by atoms with E-state index in [4.69, 9.17) is 20.4 Å². The third-order valence-corrected chi connectivity index (χ3v) is 1.02. The number of aliphatic hydroxyl groups is 2. The molecule has 0 saturated heterocycles. The van der Waals surface area contributed by atoms with Gasteiger partial charge in [-0.15, -0.1) is 13.2 Å². The van der Waals surface area contributed by atoms with Crippen LogP contribution in [0, 0.1) is 0 Å². The zero-order valence-corrected chi connectivity index (χ0v) is 15.5. The van der Waals surface area contributed by atoms with E-state index in [1.54, 1.807) is 13.8 Å². The third-order valence-electron chi connectivity index (χ3n) is 1.02. The summed E-state index contributed by atoms with van der Waals surface area (Å²) >= 11 is 0. The summed E-state index contributed by atoms with van der Waals surface area (Å²) in [7, 11) is 0. The van der Waals surface area contributed by atoms with E-state index >= 15 is 0 Å². The van der Waals surface area contributed by atoms with Crippen molar-refractivity contribution in [3.05, 3.63) is 0 Å². The van der Waals surface area contributed by atoms with Crippen LogP contribution in [0.1, 0.15) is 53.4 Å². The molecule has 0 aromatic carbocycles. The molecule has 0 radical (unpaired) electrons. The molecule has 0 aromatic heterocycles. The fraction of sp³-hybridized carbons (Fsp3) is 1.00. The van der Waals surface area contributed by atoms with Gasteiger partial charge in [0.05, 0.1) is 0 Å². The van der Waals surface area contributed by atoms with E-state index in [0.717, 1.165) is 25.7 Å². The van der Waals surface area contributed by atoms with Crippen LogP contribution in [0.2, 0.25) is 0 Å². The topological polar surface area (TPSA) is 86.6 Å². The molecule has 0 aliphatic heterocycles. The van der Waals surface area contributed by atoms with Gasteiger partial charge in [0, 0.05) is 39.1 Å². The van der Waals surface area contributed by atoms with E-state index in [2.05, 4.69) is 13.8 Å². The predicted molar refractivity (Wildman–Crippen MR) is 65.1 cm³/mol. The van der Waals surface area contributed by atoms with Crippen LogP contribution in [0.25, 0.3) is 0 Å². The summed E-state index contributed by atoms with van der Waals surface area (Å²) in [5, 5.41) is 34.0. The van der Waals surface area contributed by atoms with Gasteiger partial charge in [-0.05, 0) is 12.8 Å². The minimum Gasteiger partial charge on any atom is -0.855 e. The van der Waals surface area contributed by atoms with Crippen LogP contribution in [0.3, 0.4) is 0 Å². The Bertz CT molecular complexity index is 54.5. The van der Waals surface area contributed by atoms with Crippen LogP contribution in [0.15, 0.2) is 0 Å². The Balaban J connectivity index is -0.0000000381. The van der Waals surface area contributed by atoms with Crippen molar-refractivity contribution in [3.8, 4) is 0 Å². The van der Waals surface area contributed by atoms with E-state index < -0.39 is 0 Å². The molecule has 0 amide bonds. The van der Waals surface area contributed by atoms with Crippen LogP contribution >= 0.6 is 0 Å². The average molecular weight is 417 g/mol. The molecular formula is C12H30HfO4-2. The maximum Gasteiger partial charge on any atom is 0.0430 e. The number of hydrogen-bond acceptors (Lipinski definition) is 4. The molecule has 0 aromatic rings. The third kappa shape index (κ3) is 163. The molecule has 2 N–H and O–H groups in total. The molecule has 17 heavy (non-hydrogen) atoms. The van der Waals surface area contributed by atoms with Crippen molar-refractivity contribution in [1.29, 1.82) is 0 Å². The summed E-state index contributed by atoms with van der Waals surface area (Å²) < 4.78 is 0. The first kappa shape index (κ1) is 30.6. The van der Waals surface area contributed by atoms with Gasteiger partial charge < -0.3 is 20.4 Å². The molecule has 0 aliphatic rings. The van der Waals surface area contributed by atoms with Gasteiger partial charge in [0.1, 0.15) is 0 Å². The summed E-state index contributed by atoms with van der Waals surface area (Å²) in [6.45, 7) is 7.93. The number of hydrogen-bond donors (Lipinski definition) is 2. The van der Waals surface area contributed by atoms with Gasteiger partial charge in [0.25, 0.3) is 0 Å². The van der Waals surface area contributed by atoms with Crippen molar-refractivity contribution in [3.63, 3.8) is 0 Å². The second-order valence-corrected chi connectivity index (χ2v) is 2.73. The molecule has 0 rings (SSSR count). The van der Waals surface area contributed by atoms with E-state index in [1.165, 1.54) is 0 Å². The van der Waals surface area contributed by atoms with Crippen molar-refractivity contribution in [1.82, 2.24) is 0 Å². The Morgan fingerprint density at radius 2 is 0.882 bits per heavy atom. The van der Waals surface area contributed by atoms with Gasteiger partial charge >= 0.3 is 0 Å². The number of unbranched alkanes of at least 4 members (excludes halogenated alkanes) is 2. The molecule has 0 atom stereocenters. The SMILES string of the molecule is CCCCO.CCCCO.CC[O-].CC[O-].[Hf]. The minimum absolute atomic E-state index is 0. The van der Waals surface area contributed by atoms with Gasteiger partial charge in [0.2, 0.25) is 0 Å². The summed E-state index contributed by atoms with van der Waals surface area (Å²) in [4.78, 5) is 0. The molecule has 0 heterocycles. The second-order valence-electron chi connectivity index (χ2n) is 2.73. The molecule has 0 spiro atoms. The molecule has 4 nitrogen and oxygen atoms in total. The smallest absolute Gasteiger partial charge is 0.0430 e. The Morgan fingerprint density at radius 3 is 0.882 bits per heavy atom. The summed E-state index contributed by atoms with van der Waals surface area (Å²) in [5.41, 5.74) is 0. The molecule has 0 fully saturated rings. The first-order chi connectivity index (χ1) is 7.66. The van der Waals surface area contributed by atoms with Gasteiger partial charge in [-0.25, -0.2) is 0 Å². The Labute approximate surface area is 126 Å². The van der Waals surface area contributed by atoms with Crippen LogP contribution in [0.4, 0.5) is 0 Å². The normalized spacial score (nSPS) is 7.06.